The SMILES string of the molecule is COCCCN1C(=O)c2ccccc2NC1(C)c1ccccc1OCCC(C)C. The van der Waals surface area contributed by atoms with Crippen molar-refractivity contribution in [2.24, 2.45) is 5.92 Å². The molecule has 0 spiro atoms. The molecule has 1 aliphatic heterocycles. The first-order chi connectivity index (χ1) is 14.0. The van der Waals surface area contributed by atoms with Crippen molar-refractivity contribution in [3.63, 3.8) is 0 Å². The lowest BCUT2D eigenvalue weighted by Gasteiger charge is -2.47. The normalized spacial score (nSPS) is 18.5. The number of benzene rings is 2. The zero-order valence-corrected chi connectivity index (χ0v) is 17.9. The van der Waals surface area contributed by atoms with E-state index < -0.39 is 5.66 Å². The molecule has 0 saturated carbocycles. The summed E-state index contributed by atoms with van der Waals surface area (Å²) in [5, 5.41) is 3.62. The molecule has 1 amide bonds. The Kier molecular flexibility index (Phi) is 6.80. The molecule has 1 atom stereocenters. The Balaban J connectivity index is 1.99. The lowest BCUT2D eigenvalue weighted by Crippen LogP contribution is -2.56. The first-order valence-electron chi connectivity index (χ1n) is 10.4. The van der Waals surface area contributed by atoms with Crippen molar-refractivity contribution in [2.45, 2.75) is 39.3 Å². The summed E-state index contributed by atoms with van der Waals surface area (Å²) >= 11 is 0. The van der Waals surface area contributed by atoms with Gasteiger partial charge in [-0.25, -0.2) is 0 Å². The van der Waals surface area contributed by atoms with Crippen LogP contribution in [0.15, 0.2) is 48.5 Å². The molecule has 1 N–H and O–H groups in total. The van der Waals surface area contributed by atoms with Crippen LogP contribution in [0.5, 0.6) is 5.75 Å². The van der Waals surface area contributed by atoms with Gasteiger partial charge in [0.15, 0.2) is 0 Å². The highest BCUT2D eigenvalue weighted by atomic mass is 16.5. The van der Waals surface area contributed by atoms with Gasteiger partial charge in [-0.3, -0.25) is 4.79 Å². The van der Waals surface area contributed by atoms with Crippen molar-refractivity contribution in [2.75, 3.05) is 32.2 Å². The molecule has 5 nitrogen and oxygen atoms in total. The van der Waals surface area contributed by atoms with Gasteiger partial charge in [-0.15, -0.1) is 0 Å². The molecule has 2 aromatic carbocycles. The summed E-state index contributed by atoms with van der Waals surface area (Å²) in [5.41, 5.74) is 1.79. The third-order valence-corrected chi connectivity index (χ3v) is 5.41. The first kappa shape index (κ1) is 21.2. The van der Waals surface area contributed by atoms with E-state index in [1.54, 1.807) is 7.11 Å². The second kappa shape index (κ2) is 9.31. The molecule has 0 fully saturated rings. The molecule has 1 aliphatic rings. The molecule has 0 bridgehead atoms. The van der Waals surface area contributed by atoms with E-state index in [0.29, 0.717) is 31.2 Å². The van der Waals surface area contributed by atoms with Crippen LogP contribution in [0.4, 0.5) is 5.69 Å². The highest BCUT2D eigenvalue weighted by Gasteiger charge is 2.43. The van der Waals surface area contributed by atoms with E-state index in [-0.39, 0.29) is 5.91 Å². The van der Waals surface area contributed by atoms with E-state index >= 15 is 0 Å². The van der Waals surface area contributed by atoms with Crippen LogP contribution in [0.1, 0.15) is 49.5 Å². The quantitative estimate of drug-likeness (QED) is 0.613. The molecule has 0 radical (unpaired) electrons. The molecular weight excluding hydrogens is 364 g/mol. The van der Waals surface area contributed by atoms with Gasteiger partial charge < -0.3 is 19.7 Å². The number of anilines is 1. The molecule has 0 aromatic heterocycles. The summed E-state index contributed by atoms with van der Waals surface area (Å²) in [6.45, 7) is 8.27. The van der Waals surface area contributed by atoms with Gasteiger partial charge >= 0.3 is 0 Å². The monoisotopic (exact) mass is 396 g/mol. The van der Waals surface area contributed by atoms with Gasteiger partial charge in [0.2, 0.25) is 0 Å². The number of nitrogens with one attached hydrogen (secondary N) is 1. The highest BCUT2D eigenvalue weighted by molar-refractivity contribution is 6.02. The predicted octanol–water partition coefficient (Wildman–Crippen LogP) is 4.89. The van der Waals surface area contributed by atoms with Gasteiger partial charge in [-0.1, -0.05) is 44.2 Å². The van der Waals surface area contributed by atoms with Crippen LogP contribution in [0.2, 0.25) is 0 Å². The summed E-state index contributed by atoms with van der Waals surface area (Å²) in [5.74, 6) is 1.41. The smallest absolute Gasteiger partial charge is 0.258 e. The Morgan fingerprint density at radius 3 is 2.55 bits per heavy atom. The van der Waals surface area contributed by atoms with Gasteiger partial charge in [0, 0.05) is 31.5 Å². The van der Waals surface area contributed by atoms with Crippen LogP contribution in [0.3, 0.4) is 0 Å². The van der Waals surface area contributed by atoms with Gasteiger partial charge in [0.1, 0.15) is 11.4 Å². The van der Waals surface area contributed by atoms with E-state index in [1.807, 2.05) is 53.4 Å². The van der Waals surface area contributed by atoms with Crippen LogP contribution in [-0.4, -0.2) is 37.7 Å². The van der Waals surface area contributed by atoms with Gasteiger partial charge in [0.25, 0.3) is 5.91 Å². The Bertz CT molecular complexity index is 836. The number of para-hydroxylation sites is 2. The summed E-state index contributed by atoms with van der Waals surface area (Å²) in [6, 6.07) is 15.7. The summed E-state index contributed by atoms with van der Waals surface area (Å²) in [6.07, 6.45) is 1.75. The number of rotatable bonds is 9. The molecule has 0 saturated heterocycles. The topological polar surface area (TPSA) is 50.8 Å². The molecule has 1 heterocycles. The average Bonchev–Trinajstić information content (AvgIpc) is 2.70. The molecule has 3 rings (SSSR count). The Morgan fingerprint density at radius 1 is 1.07 bits per heavy atom. The third-order valence-electron chi connectivity index (χ3n) is 5.41. The number of carbonyl (C=O) groups excluding carboxylic acids is 1. The maximum atomic E-state index is 13.4. The molecular formula is C24H32N2O3. The largest absolute Gasteiger partial charge is 0.493 e. The molecule has 5 heteroatoms. The molecule has 2 aromatic rings. The highest BCUT2D eigenvalue weighted by Crippen LogP contribution is 2.41. The fourth-order valence-electron chi connectivity index (χ4n) is 3.76. The predicted molar refractivity (Wildman–Crippen MR) is 116 cm³/mol. The number of hydrogen-bond acceptors (Lipinski definition) is 4. The Hall–Kier alpha value is -2.53. The first-order valence-corrected chi connectivity index (χ1v) is 10.4. The minimum atomic E-state index is -0.715. The van der Waals surface area contributed by atoms with Crippen molar-refractivity contribution in [1.29, 1.82) is 0 Å². The maximum absolute atomic E-state index is 13.4. The summed E-state index contributed by atoms with van der Waals surface area (Å²) in [4.78, 5) is 15.3. The number of hydrogen-bond donors (Lipinski definition) is 1. The summed E-state index contributed by atoms with van der Waals surface area (Å²) < 4.78 is 11.4. The lowest BCUT2D eigenvalue weighted by atomic mass is 9.92. The van der Waals surface area contributed by atoms with Gasteiger partial charge in [-0.05, 0) is 43.9 Å². The van der Waals surface area contributed by atoms with Gasteiger partial charge in [-0.2, -0.15) is 0 Å². The van der Waals surface area contributed by atoms with E-state index in [2.05, 4.69) is 26.1 Å². The standard InChI is InChI=1S/C24H32N2O3/c1-18(2)14-17-29-22-13-8-6-11-20(22)24(3)25-21-12-7-5-10-19(21)23(27)26(24)15-9-16-28-4/h5-8,10-13,18,25H,9,14-17H2,1-4H3. The number of nitrogens with zero attached hydrogens (tertiary/aromatic N) is 1. The van der Waals surface area contributed by atoms with Crippen molar-refractivity contribution < 1.29 is 14.3 Å². The lowest BCUT2D eigenvalue weighted by molar-refractivity contribution is 0.0498. The van der Waals surface area contributed by atoms with Crippen LogP contribution in [0.25, 0.3) is 0 Å². The van der Waals surface area contributed by atoms with E-state index in [1.165, 1.54) is 0 Å². The summed E-state index contributed by atoms with van der Waals surface area (Å²) in [7, 11) is 1.68. The third kappa shape index (κ3) is 4.56. The molecule has 156 valence electrons. The van der Waals surface area contributed by atoms with Crippen molar-refractivity contribution in [3.8, 4) is 5.75 Å². The number of carbonyl (C=O) groups is 1. The Morgan fingerprint density at radius 2 is 1.79 bits per heavy atom. The van der Waals surface area contributed by atoms with E-state index in [4.69, 9.17) is 9.47 Å². The van der Waals surface area contributed by atoms with Crippen LogP contribution < -0.4 is 10.1 Å². The number of methoxy groups -OCH3 is 1. The van der Waals surface area contributed by atoms with Crippen LogP contribution in [0, 0.1) is 5.92 Å². The second-order valence-electron chi connectivity index (χ2n) is 8.07. The number of fused-ring (bicyclic) bond motifs is 1. The Labute approximate surface area is 174 Å². The maximum Gasteiger partial charge on any atom is 0.258 e. The molecule has 29 heavy (non-hydrogen) atoms. The van der Waals surface area contributed by atoms with E-state index in [0.717, 1.165) is 29.8 Å². The fraction of sp³-hybridized carbons (Fsp3) is 0.458. The average molecular weight is 397 g/mol. The fourth-order valence-corrected chi connectivity index (χ4v) is 3.76. The van der Waals surface area contributed by atoms with Gasteiger partial charge in [0.05, 0.1) is 12.2 Å². The molecule has 0 aliphatic carbocycles. The minimum absolute atomic E-state index is 0.0231. The zero-order valence-electron chi connectivity index (χ0n) is 17.9. The number of amides is 1. The van der Waals surface area contributed by atoms with Crippen LogP contribution in [-0.2, 0) is 10.4 Å². The minimum Gasteiger partial charge on any atom is -0.493 e. The van der Waals surface area contributed by atoms with Crippen LogP contribution >= 0.6 is 0 Å². The molecule has 1 unspecified atom stereocenters. The second-order valence-corrected chi connectivity index (χ2v) is 8.07. The van der Waals surface area contributed by atoms with E-state index in [9.17, 15) is 4.79 Å². The number of ether oxygens (including phenoxy) is 2. The zero-order chi connectivity index (χ0) is 20.9. The van der Waals surface area contributed by atoms with Crippen molar-refractivity contribution >= 4 is 11.6 Å². The van der Waals surface area contributed by atoms with Crippen molar-refractivity contribution in [3.05, 3.63) is 59.7 Å². The van der Waals surface area contributed by atoms with Crippen molar-refractivity contribution in [1.82, 2.24) is 4.90 Å².